The summed E-state index contributed by atoms with van der Waals surface area (Å²) in [6.07, 6.45) is 2.58. The maximum atomic E-state index is 13.9. The van der Waals surface area contributed by atoms with Crippen molar-refractivity contribution in [1.29, 1.82) is 0 Å². The summed E-state index contributed by atoms with van der Waals surface area (Å²) in [7, 11) is 1.53. The van der Waals surface area contributed by atoms with Gasteiger partial charge in [-0.15, -0.1) is 0 Å². The highest BCUT2D eigenvalue weighted by molar-refractivity contribution is 6.09. The maximum absolute atomic E-state index is 13.9. The Kier molecular flexibility index (Phi) is 7.38. The molecule has 2 aromatic rings. The number of ether oxygens (including phenoxy) is 3. The van der Waals surface area contributed by atoms with Gasteiger partial charge in [-0.1, -0.05) is 48.5 Å². The van der Waals surface area contributed by atoms with Crippen LogP contribution in [-0.4, -0.2) is 44.3 Å². The summed E-state index contributed by atoms with van der Waals surface area (Å²) in [4.78, 5) is 54.1. The molecule has 0 radical (unpaired) electrons. The molecule has 0 N–H and O–H groups in total. The molecule has 1 fully saturated rings. The van der Waals surface area contributed by atoms with E-state index in [9.17, 15) is 19.2 Å². The Morgan fingerprint density at radius 1 is 0.944 bits per heavy atom. The van der Waals surface area contributed by atoms with Gasteiger partial charge in [0.15, 0.2) is 5.41 Å². The Morgan fingerprint density at radius 2 is 1.56 bits per heavy atom. The normalized spacial score (nSPS) is 24.3. The van der Waals surface area contributed by atoms with Crippen LogP contribution in [0.25, 0.3) is 0 Å². The average Bonchev–Trinajstić information content (AvgIpc) is 3.24. The quantitative estimate of drug-likeness (QED) is 0.313. The standard InChI is InChI=1S/C29H30O7/c1-4-35-27(32)29(28(33)36-5-2)25(19-11-13-21(34-3)14-12-19)20(17-30)15-23-22(16-24(31)26(23)29)18-9-7-6-8-10-18/h6-15,17,22-23,25-26H,4-5,16H2,1-3H3/t22-,23-,25-,26+/m1/s1. The first-order valence-corrected chi connectivity index (χ1v) is 12.2. The van der Waals surface area contributed by atoms with E-state index in [1.807, 2.05) is 30.3 Å². The third-order valence-electron chi connectivity index (χ3n) is 7.32. The summed E-state index contributed by atoms with van der Waals surface area (Å²) in [5, 5.41) is 0. The molecular formula is C29H30O7. The Hall–Kier alpha value is -3.74. The lowest BCUT2D eigenvalue weighted by Gasteiger charge is -2.45. The number of carbonyl (C=O) groups is 4. The van der Waals surface area contributed by atoms with E-state index in [1.54, 1.807) is 44.2 Å². The number of methoxy groups -OCH3 is 1. The Morgan fingerprint density at radius 3 is 2.08 bits per heavy atom. The molecule has 7 heteroatoms. The van der Waals surface area contributed by atoms with Crippen molar-refractivity contribution >= 4 is 24.0 Å². The fraction of sp³-hybridized carbons (Fsp3) is 0.379. The van der Waals surface area contributed by atoms with Crippen LogP contribution in [0.3, 0.4) is 0 Å². The van der Waals surface area contributed by atoms with Crippen molar-refractivity contribution in [3.63, 3.8) is 0 Å². The van der Waals surface area contributed by atoms with Crippen LogP contribution >= 0.6 is 0 Å². The van der Waals surface area contributed by atoms with E-state index in [0.29, 0.717) is 17.6 Å². The number of rotatable bonds is 8. The number of carbonyl (C=O) groups excluding carboxylic acids is 4. The van der Waals surface area contributed by atoms with Gasteiger partial charge in [-0.2, -0.15) is 0 Å². The molecule has 2 aromatic carbocycles. The minimum atomic E-state index is -2.04. The predicted octanol–water partition coefficient (Wildman–Crippen LogP) is 4.02. The predicted molar refractivity (Wildman–Crippen MR) is 131 cm³/mol. The van der Waals surface area contributed by atoms with Crippen LogP contribution in [0.15, 0.2) is 66.2 Å². The molecule has 4 atom stereocenters. The second kappa shape index (κ2) is 10.5. The summed E-state index contributed by atoms with van der Waals surface area (Å²) < 4.78 is 16.2. The zero-order valence-electron chi connectivity index (χ0n) is 20.6. The van der Waals surface area contributed by atoms with E-state index < -0.39 is 35.1 Å². The molecule has 0 spiro atoms. The smallest absolute Gasteiger partial charge is 0.325 e. The number of ketones is 1. The first-order valence-electron chi connectivity index (χ1n) is 12.2. The molecule has 0 aliphatic heterocycles. The zero-order valence-corrected chi connectivity index (χ0v) is 20.6. The molecular weight excluding hydrogens is 460 g/mol. The highest BCUT2D eigenvalue weighted by Gasteiger charge is 2.69. The molecule has 0 heterocycles. The SMILES string of the molecule is CCOC(=O)C1(C(=O)OCC)[C@@H]2C(=O)C[C@H](c3ccccc3)[C@H]2C=C(C=O)[C@H]1c1ccc(OC)cc1. The fourth-order valence-corrected chi connectivity index (χ4v) is 5.93. The lowest BCUT2D eigenvalue weighted by molar-refractivity contribution is -0.181. The second-order valence-corrected chi connectivity index (χ2v) is 9.04. The Labute approximate surface area is 210 Å². The third-order valence-corrected chi connectivity index (χ3v) is 7.32. The molecule has 0 bridgehead atoms. The third kappa shape index (κ3) is 4.02. The lowest BCUT2D eigenvalue weighted by atomic mass is 9.54. The van der Waals surface area contributed by atoms with E-state index in [2.05, 4.69) is 0 Å². The number of allylic oxidation sites excluding steroid dienone is 2. The number of fused-ring (bicyclic) bond motifs is 1. The molecule has 0 aromatic heterocycles. The van der Waals surface area contributed by atoms with Crippen LogP contribution < -0.4 is 4.74 Å². The second-order valence-electron chi connectivity index (χ2n) is 9.04. The first-order chi connectivity index (χ1) is 17.4. The van der Waals surface area contributed by atoms with Crippen molar-refractivity contribution in [3.8, 4) is 5.75 Å². The van der Waals surface area contributed by atoms with E-state index >= 15 is 0 Å². The summed E-state index contributed by atoms with van der Waals surface area (Å²) in [5.74, 6) is -4.31. The van der Waals surface area contributed by atoms with E-state index in [4.69, 9.17) is 14.2 Å². The van der Waals surface area contributed by atoms with Gasteiger partial charge in [0, 0.05) is 12.3 Å². The summed E-state index contributed by atoms with van der Waals surface area (Å²) in [6.45, 7) is 3.28. The molecule has 0 amide bonds. The molecule has 0 saturated heterocycles. The van der Waals surface area contributed by atoms with Crippen molar-refractivity contribution in [2.75, 3.05) is 20.3 Å². The molecule has 7 nitrogen and oxygen atoms in total. The van der Waals surface area contributed by atoms with E-state index in [-0.39, 0.29) is 36.9 Å². The highest BCUT2D eigenvalue weighted by atomic mass is 16.6. The van der Waals surface area contributed by atoms with Crippen molar-refractivity contribution in [2.45, 2.75) is 32.1 Å². The summed E-state index contributed by atoms with van der Waals surface area (Å²) in [5.41, 5.74) is -0.371. The van der Waals surface area contributed by atoms with E-state index in [1.165, 1.54) is 7.11 Å². The molecule has 2 aliphatic rings. The largest absolute Gasteiger partial charge is 0.497 e. The number of hydrogen-bond acceptors (Lipinski definition) is 7. The van der Waals surface area contributed by atoms with Gasteiger partial charge in [0.2, 0.25) is 0 Å². The molecule has 0 unspecified atom stereocenters. The maximum Gasteiger partial charge on any atom is 0.325 e. The van der Waals surface area contributed by atoms with Gasteiger partial charge in [-0.25, -0.2) is 0 Å². The summed E-state index contributed by atoms with van der Waals surface area (Å²) in [6, 6.07) is 16.2. The number of aldehydes is 1. The van der Waals surface area contributed by atoms with Crippen LogP contribution in [-0.2, 0) is 28.7 Å². The highest BCUT2D eigenvalue weighted by Crippen LogP contribution is 2.61. The van der Waals surface area contributed by atoms with Crippen LogP contribution in [0.5, 0.6) is 5.75 Å². The minimum Gasteiger partial charge on any atom is -0.497 e. The number of hydrogen-bond donors (Lipinski definition) is 0. The topological polar surface area (TPSA) is 96.0 Å². The molecule has 36 heavy (non-hydrogen) atoms. The molecule has 188 valence electrons. The lowest BCUT2D eigenvalue weighted by Crippen LogP contribution is -2.57. The van der Waals surface area contributed by atoms with Crippen molar-refractivity contribution < 1.29 is 33.4 Å². The first kappa shape index (κ1) is 25.4. The van der Waals surface area contributed by atoms with Crippen molar-refractivity contribution in [1.82, 2.24) is 0 Å². The monoisotopic (exact) mass is 490 g/mol. The minimum absolute atomic E-state index is 0.00312. The van der Waals surface area contributed by atoms with Crippen molar-refractivity contribution in [3.05, 3.63) is 77.4 Å². The Balaban J connectivity index is 2.01. The number of Topliss-reactive ketones (excluding diaryl/α,β-unsaturated/α-hetero) is 1. The van der Waals surface area contributed by atoms with Gasteiger partial charge in [-0.05, 0) is 54.5 Å². The van der Waals surface area contributed by atoms with Gasteiger partial charge >= 0.3 is 11.9 Å². The van der Waals surface area contributed by atoms with E-state index in [0.717, 1.165) is 5.56 Å². The molecule has 2 aliphatic carbocycles. The molecule has 4 rings (SSSR count). The van der Waals surface area contributed by atoms with Crippen LogP contribution in [0, 0.1) is 17.3 Å². The number of esters is 2. The average molecular weight is 491 g/mol. The van der Waals surface area contributed by atoms with Crippen LogP contribution in [0.1, 0.15) is 43.2 Å². The van der Waals surface area contributed by atoms with Gasteiger partial charge in [0.05, 0.1) is 26.2 Å². The Bertz CT molecular complexity index is 1150. The number of benzene rings is 2. The van der Waals surface area contributed by atoms with Gasteiger partial charge in [-0.3, -0.25) is 19.2 Å². The van der Waals surface area contributed by atoms with Gasteiger partial charge < -0.3 is 14.2 Å². The zero-order chi connectivity index (χ0) is 25.9. The molecule has 1 saturated carbocycles. The van der Waals surface area contributed by atoms with Crippen LogP contribution in [0.4, 0.5) is 0 Å². The van der Waals surface area contributed by atoms with Crippen molar-refractivity contribution in [2.24, 2.45) is 17.3 Å². The fourth-order valence-electron chi connectivity index (χ4n) is 5.93. The van der Waals surface area contributed by atoms with Crippen LogP contribution in [0.2, 0.25) is 0 Å². The summed E-state index contributed by atoms with van der Waals surface area (Å²) >= 11 is 0. The van der Waals surface area contributed by atoms with Gasteiger partial charge in [0.1, 0.15) is 17.8 Å². The van der Waals surface area contributed by atoms with Gasteiger partial charge in [0.25, 0.3) is 0 Å².